The summed E-state index contributed by atoms with van der Waals surface area (Å²) in [5, 5.41) is 13.4. The fourth-order valence-electron chi connectivity index (χ4n) is 6.20. The Morgan fingerprint density at radius 2 is 1.53 bits per heavy atom. The third-order valence-corrected chi connectivity index (χ3v) is 9.74. The number of ether oxygens (including phenoxy) is 1. The molecule has 1 fully saturated rings. The minimum atomic E-state index is -0.375. The summed E-state index contributed by atoms with van der Waals surface area (Å²) in [7, 11) is 0. The molecule has 49 heavy (non-hydrogen) atoms. The second-order valence-corrected chi connectivity index (χ2v) is 14.5. The zero-order chi connectivity index (χ0) is 34.9. The molecule has 10 heteroatoms. The molecular formula is C39H41Cl2N5O3. The van der Waals surface area contributed by atoms with Crippen LogP contribution in [-0.4, -0.2) is 45.8 Å². The number of likely N-dealkylation sites (tertiary alicyclic amines) is 1. The van der Waals surface area contributed by atoms with Crippen LogP contribution in [0.3, 0.4) is 0 Å². The highest BCUT2D eigenvalue weighted by atomic mass is 35.5. The maximum absolute atomic E-state index is 13.5. The highest BCUT2D eigenvalue weighted by Crippen LogP contribution is 2.35. The summed E-state index contributed by atoms with van der Waals surface area (Å²) in [6.07, 6.45) is 1.50. The Morgan fingerprint density at radius 3 is 2.18 bits per heavy atom. The van der Waals surface area contributed by atoms with Gasteiger partial charge in [-0.25, -0.2) is 9.48 Å². The van der Waals surface area contributed by atoms with Gasteiger partial charge in [0.2, 0.25) is 0 Å². The van der Waals surface area contributed by atoms with E-state index in [1.807, 2.05) is 78.6 Å². The maximum atomic E-state index is 13.5. The molecule has 1 unspecified atom stereocenters. The summed E-state index contributed by atoms with van der Waals surface area (Å²) >= 11 is 12.6. The molecule has 0 saturated carbocycles. The third-order valence-electron chi connectivity index (χ3n) is 9.11. The number of benzene rings is 4. The Bertz CT molecular complexity index is 1970. The van der Waals surface area contributed by atoms with Gasteiger partial charge in [-0.2, -0.15) is 5.10 Å². The van der Waals surface area contributed by atoms with Crippen LogP contribution in [0.1, 0.15) is 62.2 Å². The number of hydrogen-bond donors (Lipinski definition) is 2. The first-order chi connectivity index (χ1) is 23.4. The van der Waals surface area contributed by atoms with Crippen molar-refractivity contribution in [1.29, 1.82) is 0 Å². The fourth-order valence-corrected chi connectivity index (χ4v) is 6.76. The molecule has 1 aliphatic heterocycles. The summed E-state index contributed by atoms with van der Waals surface area (Å²) in [6.45, 7) is 11.6. The van der Waals surface area contributed by atoms with Crippen molar-refractivity contribution in [2.75, 3.05) is 23.7 Å². The lowest BCUT2D eigenvalue weighted by molar-refractivity contribution is 0.0577. The summed E-state index contributed by atoms with van der Waals surface area (Å²) < 4.78 is 8.33. The zero-order valence-electron chi connectivity index (χ0n) is 28.4. The zero-order valence-corrected chi connectivity index (χ0v) is 29.9. The van der Waals surface area contributed by atoms with Gasteiger partial charge in [0.1, 0.15) is 11.6 Å². The number of urea groups is 1. The number of fused-ring (bicyclic) bond motifs is 1. The molecular weight excluding hydrogens is 657 g/mol. The predicted octanol–water partition coefficient (Wildman–Crippen LogP) is 9.90. The highest BCUT2D eigenvalue weighted by Gasteiger charge is 2.30. The van der Waals surface area contributed by atoms with Crippen LogP contribution in [0, 0.1) is 12.8 Å². The minimum absolute atomic E-state index is 0.0919. The van der Waals surface area contributed by atoms with E-state index < -0.39 is 0 Å². The second-order valence-electron chi connectivity index (χ2n) is 13.7. The van der Waals surface area contributed by atoms with Crippen LogP contribution in [0.25, 0.3) is 16.5 Å². The summed E-state index contributed by atoms with van der Waals surface area (Å²) in [5.74, 6) is 1.43. The predicted molar refractivity (Wildman–Crippen MR) is 199 cm³/mol. The lowest BCUT2D eigenvalue weighted by atomic mass is 9.91. The molecule has 6 rings (SSSR count). The van der Waals surface area contributed by atoms with Gasteiger partial charge in [0.15, 0.2) is 0 Å². The van der Waals surface area contributed by atoms with Crippen LogP contribution in [0.2, 0.25) is 10.0 Å². The topological polar surface area (TPSA) is 88.5 Å². The first-order valence-electron chi connectivity index (χ1n) is 16.6. The van der Waals surface area contributed by atoms with E-state index in [0.717, 1.165) is 46.3 Å². The molecule has 1 aromatic heterocycles. The Hall–Kier alpha value is -4.53. The summed E-state index contributed by atoms with van der Waals surface area (Å²) in [5.41, 5.74) is 3.69. The molecule has 5 aromatic rings. The van der Waals surface area contributed by atoms with Crippen molar-refractivity contribution in [1.82, 2.24) is 14.7 Å². The number of nitrogens with zero attached hydrogens (tertiary/aromatic N) is 3. The van der Waals surface area contributed by atoms with E-state index in [-0.39, 0.29) is 29.4 Å². The molecule has 8 nitrogen and oxygen atoms in total. The normalized spacial score (nSPS) is 14.5. The van der Waals surface area contributed by atoms with Gasteiger partial charge in [0.05, 0.1) is 38.8 Å². The van der Waals surface area contributed by atoms with Crippen LogP contribution < -0.4 is 15.4 Å². The van der Waals surface area contributed by atoms with E-state index in [1.165, 1.54) is 0 Å². The molecule has 4 aromatic carbocycles. The standard InChI is InChI=1S/C39H41Cl2N5O3/c1-24-13-15-27(16-14-24)46-35(23-34(44-46)39(3,4)5)43-38(48)42-32-17-18-33(29-10-7-6-9-28(29)32)49-25(2)26-19-21-45(22-20-26)37(47)36-30(40)11-8-12-31(36)41/h6-18,23,25-26H,19-22H2,1-5H3,(H2,42,43,48). The Morgan fingerprint density at radius 1 is 0.878 bits per heavy atom. The number of aryl methyl sites for hydroxylation is 1. The van der Waals surface area contributed by atoms with Crippen molar-refractivity contribution < 1.29 is 14.3 Å². The average Bonchev–Trinajstić information content (AvgIpc) is 3.50. The fraction of sp³-hybridized carbons (Fsp3) is 0.308. The number of hydrogen-bond acceptors (Lipinski definition) is 4. The van der Waals surface area contributed by atoms with Crippen molar-refractivity contribution in [3.63, 3.8) is 0 Å². The van der Waals surface area contributed by atoms with Crippen molar-refractivity contribution in [3.8, 4) is 11.4 Å². The van der Waals surface area contributed by atoms with Gasteiger partial charge in [0.25, 0.3) is 5.91 Å². The Kier molecular flexibility index (Phi) is 9.91. The Labute approximate surface area is 297 Å². The third kappa shape index (κ3) is 7.56. The molecule has 2 heterocycles. The van der Waals surface area contributed by atoms with Gasteiger partial charge in [-0.1, -0.05) is 92.0 Å². The molecule has 1 saturated heterocycles. The number of carbonyl (C=O) groups is 2. The molecule has 1 aliphatic rings. The molecule has 254 valence electrons. The van der Waals surface area contributed by atoms with Crippen molar-refractivity contribution in [3.05, 3.63) is 112 Å². The molecule has 2 N–H and O–H groups in total. The largest absolute Gasteiger partial charge is 0.490 e. The number of aromatic nitrogens is 2. The van der Waals surface area contributed by atoms with E-state index in [2.05, 4.69) is 38.3 Å². The van der Waals surface area contributed by atoms with Crippen LogP contribution in [-0.2, 0) is 5.41 Å². The minimum Gasteiger partial charge on any atom is -0.490 e. The van der Waals surface area contributed by atoms with Gasteiger partial charge in [0, 0.05) is 35.3 Å². The van der Waals surface area contributed by atoms with E-state index in [1.54, 1.807) is 22.9 Å². The van der Waals surface area contributed by atoms with Crippen LogP contribution >= 0.6 is 23.2 Å². The number of rotatable bonds is 7. The summed E-state index contributed by atoms with van der Waals surface area (Å²) in [6, 6.07) is 26.3. The van der Waals surface area contributed by atoms with Crippen LogP contribution in [0.15, 0.2) is 84.9 Å². The maximum Gasteiger partial charge on any atom is 0.324 e. The molecule has 0 radical (unpaired) electrons. The monoisotopic (exact) mass is 697 g/mol. The average molecular weight is 699 g/mol. The number of nitrogens with one attached hydrogen (secondary N) is 2. The van der Waals surface area contributed by atoms with E-state index in [4.69, 9.17) is 33.0 Å². The van der Waals surface area contributed by atoms with Crippen molar-refractivity contribution in [2.24, 2.45) is 5.92 Å². The first kappa shape index (κ1) is 34.3. The smallest absolute Gasteiger partial charge is 0.324 e. The number of piperidine rings is 1. The lowest BCUT2D eigenvalue weighted by Gasteiger charge is -2.35. The molecule has 0 bridgehead atoms. The number of halogens is 2. The Balaban J connectivity index is 1.14. The summed E-state index contributed by atoms with van der Waals surface area (Å²) in [4.78, 5) is 28.5. The van der Waals surface area contributed by atoms with Gasteiger partial charge >= 0.3 is 6.03 Å². The SMILES string of the molecule is Cc1ccc(-n2nc(C(C)(C)C)cc2NC(=O)Nc2ccc(OC(C)C3CCN(C(=O)c4c(Cl)cccc4Cl)CC3)c3ccccc23)cc1. The van der Waals surface area contributed by atoms with Gasteiger partial charge in [-0.05, 0) is 69.0 Å². The molecule has 0 spiro atoms. The van der Waals surface area contributed by atoms with Crippen molar-refractivity contribution in [2.45, 2.75) is 59.0 Å². The van der Waals surface area contributed by atoms with Crippen molar-refractivity contribution >= 4 is 57.4 Å². The first-order valence-corrected chi connectivity index (χ1v) is 17.3. The van der Waals surface area contributed by atoms with E-state index >= 15 is 0 Å². The van der Waals surface area contributed by atoms with Crippen LogP contribution in [0.5, 0.6) is 5.75 Å². The van der Waals surface area contributed by atoms with E-state index in [9.17, 15) is 9.59 Å². The van der Waals surface area contributed by atoms with Gasteiger partial charge in [-0.15, -0.1) is 0 Å². The van der Waals surface area contributed by atoms with E-state index in [0.29, 0.717) is 40.2 Å². The number of anilines is 2. The second kappa shape index (κ2) is 14.1. The number of carbonyl (C=O) groups excluding carboxylic acids is 2. The lowest BCUT2D eigenvalue weighted by Crippen LogP contribution is -2.42. The van der Waals surface area contributed by atoms with Crippen LogP contribution in [0.4, 0.5) is 16.3 Å². The molecule has 0 aliphatic carbocycles. The number of amides is 3. The quantitative estimate of drug-likeness (QED) is 0.177. The molecule has 1 atom stereocenters. The molecule has 3 amide bonds. The van der Waals surface area contributed by atoms with Gasteiger partial charge < -0.3 is 15.0 Å². The highest BCUT2D eigenvalue weighted by molar-refractivity contribution is 6.39. The van der Waals surface area contributed by atoms with Gasteiger partial charge in [-0.3, -0.25) is 10.1 Å².